The molecule has 0 spiro atoms. The van der Waals surface area contributed by atoms with Gasteiger partial charge in [0.1, 0.15) is 6.10 Å². The van der Waals surface area contributed by atoms with Crippen LogP contribution in [0.1, 0.15) is 32.1 Å². The van der Waals surface area contributed by atoms with E-state index in [1.54, 1.807) is 12.3 Å². The van der Waals surface area contributed by atoms with Gasteiger partial charge in [-0.2, -0.15) is 0 Å². The Hall–Kier alpha value is -1.29. The van der Waals surface area contributed by atoms with Crippen molar-refractivity contribution in [1.82, 2.24) is 4.98 Å². The molecule has 0 aromatic carbocycles. The smallest absolute Gasteiger partial charge is 0.316 e. The normalized spacial score (nSPS) is 12.2. The average molecular weight is 279 g/mol. The number of aromatic nitrogens is 1. The number of thioether (sulfide) groups is 1. The van der Waals surface area contributed by atoms with E-state index in [4.69, 9.17) is 4.74 Å². The number of ether oxygens (including phenoxy) is 1. The zero-order valence-corrected chi connectivity index (χ0v) is 12.4. The van der Waals surface area contributed by atoms with Gasteiger partial charge < -0.3 is 4.74 Å². The van der Waals surface area contributed by atoms with Crippen LogP contribution in [-0.2, 0) is 9.53 Å². The number of rotatable bonds is 8. The molecule has 0 radical (unpaired) electrons. The molecule has 1 aromatic rings. The standard InChI is InChI=1S/C15H21NO2S/c1-4-9-19-11-15(17)18-14(10-12(2)3)13-7-5-6-8-16-13/h4-8,12,14H,1,9-11H2,2-3H3. The largest absolute Gasteiger partial charge is 0.455 e. The van der Waals surface area contributed by atoms with E-state index in [0.29, 0.717) is 11.7 Å². The Morgan fingerprint density at radius 1 is 1.53 bits per heavy atom. The van der Waals surface area contributed by atoms with Crippen LogP contribution in [0.25, 0.3) is 0 Å². The highest BCUT2D eigenvalue weighted by Crippen LogP contribution is 2.24. The highest BCUT2D eigenvalue weighted by atomic mass is 32.2. The number of hydrogen-bond acceptors (Lipinski definition) is 4. The van der Waals surface area contributed by atoms with Gasteiger partial charge in [-0.05, 0) is 24.5 Å². The molecule has 1 atom stereocenters. The van der Waals surface area contributed by atoms with Crippen molar-refractivity contribution in [3.05, 3.63) is 42.7 Å². The predicted octanol–water partition coefficient (Wildman–Crippen LogP) is 3.63. The lowest BCUT2D eigenvalue weighted by Gasteiger charge is -2.19. The van der Waals surface area contributed by atoms with Gasteiger partial charge in [-0.15, -0.1) is 18.3 Å². The van der Waals surface area contributed by atoms with E-state index in [1.165, 1.54) is 11.8 Å². The third-order valence-electron chi connectivity index (χ3n) is 2.43. The molecule has 3 nitrogen and oxygen atoms in total. The third-order valence-corrected chi connectivity index (χ3v) is 3.34. The molecule has 0 aliphatic heterocycles. The fraction of sp³-hybridized carbons (Fsp3) is 0.467. The molecule has 0 bridgehead atoms. The summed E-state index contributed by atoms with van der Waals surface area (Å²) < 4.78 is 5.54. The Balaban J connectivity index is 2.60. The summed E-state index contributed by atoms with van der Waals surface area (Å²) in [7, 11) is 0. The zero-order valence-electron chi connectivity index (χ0n) is 11.5. The first-order valence-electron chi connectivity index (χ1n) is 6.42. The van der Waals surface area contributed by atoms with Gasteiger partial charge in [-0.25, -0.2) is 0 Å². The summed E-state index contributed by atoms with van der Waals surface area (Å²) in [4.78, 5) is 16.1. The minimum Gasteiger partial charge on any atom is -0.455 e. The highest BCUT2D eigenvalue weighted by Gasteiger charge is 2.19. The topological polar surface area (TPSA) is 39.2 Å². The lowest BCUT2D eigenvalue weighted by atomic mass is 10.0. The maximum Gasteiger partial charge on any atom is 0.316 e. The second-order valence-electron chi connectivity index (χ2n) is 4.67. The molecule has 0 aliphatic carbocycles. The molecule has 1 unspecified atom stereocenters. The fourth-order valence-corrected chi connectivity index (χ4v) is 2.16. The number of pyridine rings is 1. The van der Waals surface area contributed by atoms with Crippen LogP contribution < -0.4 is 0 Å². The van der Waals surface area contributed by atoms with Crippen molar-refractivity contribution in [3.63, 3.8) is 0 Å². The summed E-state index contributed by atoms with van der Waals surface area (Å²) >= 11 is 1.50. The lowest BCUT2D eigenvalue weighted by molar-refractivity contribution is -0.147. The van der Waals surface area contributed by atoms with Gasteiger partial charge in [0.15, 0.2) is 0 Å². The maximum absolute atomic E-state index is 11.8. The molecule has 1 heterocycles. The van der Waals surface area contributed by atoms with Gasteiger partial charge in [0.05, 0.1) is 11.4 Å². The van der Waals surface area contributed by atoms with Crippen molar-refractivity contribution in [1.29, 1.82) is 0 Å². The summed E-state index contributed by atoms with van der Waals surface area (Å²) in [5.41, 5.74) is 0.818. The van der Waals surface area contributed by atoms with Crippen LogP contribution >= 0.6 is 11.8 Å². The minimum absolute atomic E-state index is 0.192. The van der Waals surface area contributed by atoms with Gasteiger partial charge in [-0.1, -0.05) is 26.0 Å². The number of nitrogens with zero attached hydrogens (tertiary/aromatic N) is 1. The van der Waals surface area contributed by atoms with Gasteiger partial charge in [-0.3, -0.25) is 9.78 Å². The average Bonchev–Trinajstić information content (AvgIpc) is 2.39. The molecule has 0 saturated carbocycles. The van der Waals surface area contributed by atoms with E-state index in [2.05, 4.69) is 25.4 Å². The van der Waals surface area contributed by atoms with Crippen molar-refractivity contribution in [2.75, 3.05) is 11.5 Å². The molecule has 0 N–H and O–H groups in total. The van der Waals surface area contributed by atoms with E-state index in [1.807, 2.05) is 18.2 Å². The van der Waals surface area contributed by atoms with Crippen LogP contribution in [0.15, 0.2) is 37.1 Å². The quantitative estimate of drug-likeness (QED) is 0.414. The van der Waals surface area contributed by atoms with Crippen molar-refractivity contribution < 1.29 is 9.53 Å². The van der Waals surface area contributed by atoms with Crippen LogP contribution in [0.5, 0.6) is 0 Å². The molecular formula is C15H21NO2S. The van der Waals surface area contributed by atoms with Gasteiger partial charge in [0, 0.05) is 11.9 Å². The van der Waals surface area contributed by atoms with Crippen LogP contribution in [0.4, 0.5) is 0 Å². The van der Waals surface area contributed by atoms with Gasteiger partial charge in [0.25, 0.3) is 0 Å². The molecule has 0 amide bonds. The first-order valence-corrected chi connectivity index (χ1v) is 7.58. The summed E-state index contributed by atoms with van der Waals surface area (Å²) in [6.07, 6.45) is 4.04. The number of carbonyl (C=O) groups is 1. The van der Waals surface area contributed by atoms with Crippen molar-refractivity contribution >= 4 is 17.7 Å². The third kappa shape index (κ3) is 6.43. The van der Waals surface area contributed by atoms with Gasteiger partial charge in [0.2, 0.25) is 0 Å². The molecule has 19 heavy (non-hydrogen) atoms. The van der Waals surface area contributed by atoms with E-state index >= 15 is 0 Å². The van der Waals surface area contributed by atoms with E-state index in [-0.39, 0.29) is 12.1 Å². The van der Waals surface area contributed by atoms with Crippen molar-refractivity contribution in [2.45, 2.75) is 26.4 Å². The summed E-state index contributed by atoms with van der Waals surface area (Å²) in [6, 6.07) is 5.67. The SMILES string of the molecule is C=CCSCC(=O)OC(CC(C)C)c1ccccn1. The Morgan fingerprint density at radius 2 is 2.32 bits per heavy atom. The Bertz CT molecular complexity index is 392. The van der Waals surface area contributed by atoms with Crippen LogP contribution in [-0.4, -0.2) is 22.5 Å². The number of esters is 1. The van der Waals surface area contributed by atoms with Crippen LogP contribution in [0.2, 0.25) is 0 Å². The molecule has 1 rings (SSSR count). The highest BCUT2D eigenvalue weighted by molar-refractivity contribution is 8.00. The Morgan fingerprint density at radius 3 is 2.89 bits per heavy atom. The first kappa shape index (κ1) is 15.8. The second kappa shape index (κ2) is 8.75. The van der Waals surface area contributed by atoms with Crippen molar-refractivity contribution in [2.24, 2.45) is 5.92 Å². The number of carbonyl (C=O) groups excluding carboxylic acids is 1. The summed E-state index contributed by atoms with van der Waals surface area (Å²) in [5.74, 6) is 1.37. The molecule has 0 aliphatic rings. The first-order chi connectivity index (χ1) is 9.13. The zero-order chi connectivity index (χ0) is 14.1. The molecule has 0 fully saturated rings. The summed E-state index contributed by atoms with van der Waals surface area (Å²) in [6.45, 7) is 7.84. The van der Waals surface area contributed by atoms with Crippen molar-refractivity contribution in [3.8, 4) is 0 Å². The lowest BCUT2D eigenvalue weighted by Crippen LogP contribution is -2.16. The molecule has 104 valence electrons. The van der Waals surface area contributed by atoms with Crippen LogP contribution in [0, 0.1) is 5.92 Å². The molecule has 1 aromatic heterocycles. The molecule has 0 saturated heterocycles. The molecule has 4 heteroatoms. The number of hydrogen-bond donors (Lipinski definition) is 0. The Labute approximate surface area is 119 Å². The second-order valence-corrected chi connectivity index (χ2v) is 5.70. The van der Waals surface area contributed by atoms with E-state index < -0.39 is 0 Å². The molecular weight excluding hydrogens is 258 g/mol. The van der Waals surface area contributed by atoms with Gasteiger partial charge >= 0.3 is 5.97 Å². The summed E-state index contributed by atoms with van der Waals surface area (Å²) in [5, 5.41) is 0. The van der Waals surface area contributed by atoms with Crippen LogP contribution in [0.3, 0.4) is 0 Å². The fourth-order valence-electron chi connectivity index (χ4n) is 1.64. The maximum atomic E-state index is 11.8. The monoisotopic (exact) mass is 279 g/mol. The Kier molecular flexibility index (Phi) is 7.26. The minimum atomic E-state index is -0.252. The van der Waals surface area contributed by atoms with E-state index in [9.17, 15) is 4.79 Å². The van der Waals surface area contributed by atoms with E-state index in [0.717, 1.165) is 17.9 Å². The predicted molar refractivity (Wildman–Crippen MR) is 80.0 cm³/mol.